The molecule has 0 N–H and O–H groups in total. The van der Waals surface area contributed by atoms with Crippen LogP contribution in [0.25, 0.3) is 5.70 Å². The minimum atomic E-state index is -4.94. The molecule has 1 aromatic heterocycles. The zero-order valence-electron chi connectivity index (χ0n) is 14.6. The number of sulfone groups is 1. The standard InChI is InChI=1S/C18H15F3N2O4S/c1-26-16-5-4-14(27-18(19,20)21)8-17(16)28(24,25)11-12-7-13(10-22-9-12)15-3-2-6-23-15/h3-10H,2,11H2,1H3. The number of benzene rings is 1. The zero-order valence-corrected chi connectivity index (χ0v) is 15.4. The molecule has 6 nitrogen and oxygen atoms in total. The van der Waals surface area contributed by atoms with Gasteiger partial charge in [-0.2, -0.15) is 0 Å². The predicted molar refractivity (Wildman–Crippen MR) is 95.9 cm³/mol. The summed E-state index contributed by atoms with van der Waals surface area (Å²) in [7, 11) is -2.82. The molecular formula is C18H15F3N2O4S. The van der Waals surface area contributed by atoms with E-state index in [4.69, 9.17) is 4.74 Å². The molecule has 28 heavy (non-hydrogen) atoms. The maximum absolute atomic E-state index is 12.8. The van der Waals surface area contributed by atoms with Crippen molar-refractivity contribution in [1.82, 2.24) is 4.98 Å². The second-order valence-corrected chi connectivity index (χ2v) is 7.80. The number of alkyl halides is 3. The molecule has 0 aliphatic carbocycles. The van der Waals surface area contributed by atoms with Gasteiger partial charge in [0.05, 0.1) is 18.6 Å². The molecule has 0 atom stereocenters. The summed E-state index contributed by atoms with van der Waals surface area (Å²) in [5, 5.41) is 0. The van der Waals surface area contributed by atoms with Gasteiger partial charge in [0.25, 0.3) is 0 Å². The van der Waals surface area contributed by atoms with Gasteiger partial charge in [-0.15, -0.1) is 13.2 Å². The maximum Gasteiger partial charge on any atom is 0.573 e. The molecule has 0 fully saturated rings. The van der Waals surface area contributed by atoms with Crippen molar-refractivity contribution in [2.45, 2.75) is 23.4 Å². The molecule has 0 saturated heterocycles. The van der Waals surface area contributed by atoms with Gasteiger partial charge in [-0.05, 0) is 23.8 Å². The molecule has 2 heterocycles. The van der Waals surface area contributed by atoms with E-state index < -0.39 is 32.6 Å². The molecule has 0 unspecified atom stereocenters. The average Bonchev–Trinajstić information content (AvgIpc) is 3.15. The largest absolute Gasteiger partial charge is 0.573 e. The fourth-order valence-electron chi connectivity index (χ4n) is 2.66. The van der Waals surface area contributed by atoms with E-state index >= 15 is 0 Å². The summed E-state index contributed by atoms with van der Waals surface area (Å²) in [4.78, 5) is 7.81. The SMILES string of the molecule is COc1ccc(OC(F)(F)F)cc1S(=O)(=O)Cc1cncc(C2=CCC=N2)c1. The van der Waals surface area contributed by atoms with E-state index in [2.05, 4.69) is 14.7 Å². The summed E-state index contributed by atoms with van der Waals surface area (Å²) in [6.45, 7) is 0. The van der Waals surface area contributed by atoms with Crippen LogP contribution in [0.2, 0.25) is 0 Å². The van der Waals surface area contributed by atoms with Crippen LogP contribution in [-0.4, -0.2) is 33.1 Å². The molecule has 1 aliphatic heterocycles. The van der Waals surface area contributed by atoms with E-state index in [-0.39, 0.29) is 5.75 Å². The minimum Gasteiger partial charge on any atom is -0.495 e. The summed E-state index contributed by atoms with van der Waals surface area (Å²) in [5.41, 5.74) is 1.71. The lowest BCUT2D eigenvalue weighted by Crippen LogP contribution is -2.17. The van der Waals surface area contributed by atoms with Crippen molar-refractivity contribution in [1.29, 1.82) is 0 Å². The monoisotopic (exact) mass is 412 g/mol. The Labute approximate surface area is 159 Å². The lowest BCUT2D eigenvalue weighted by molar-refractivity contribution is -0.274. The highest BCUT2D eigenvalue weighted by Gasteiger charge is 2.32. The van der Waals surface area contributed by atoms with Crippen molar-refractivity contribution < 1.29 is 31.1 Å². The normalized spacial score (nSPS) is 14.1. The van der Waals surface area contributed by atoms with Gasteiger partial charge in [-0.1, -0.05) is 6.08 Å². The van der Waals surface area contributed by atoms with Gasteiger partial charge in [0.1, 0.15) is 16.4 Å². The fourth-order valence-corrected chi connectivity index (χ4v) is 4.17. The van der Waals surface area contributed by atoms with Gasteiger partial charge in [-0.3, -0.25) is 9.98 Å². The van der Waals surface area contributed by atoms with E-state index in [1.165, 1.54) is 13.3 Å². The smallest absolute Gasteiger partial charge is 0.495 e. The second-order valence-electron chi connectivity index (χ2n) is 5.84. The van der Waals surface area contributed by atoms with Crippen LogP contribution in [0.3, 0.4) is 0 Å². The molecule has 10 heteroatoms. The molecule has 3 rings (SSSR count). The number of hydrogen-bond donors (Lipinski definition) is 0. The summed E-state index contributed by atoms with van der Waals surface area (Å²) in [6, 6.07) is 4.52. The lowest BCUT2D eigenvalue weighted by Gasteiger charge is -2.13. The Morgan fingerprint density at radius 1 is 1.18 bits per heavy atom. The fraction of sp³-hybridized carbons (Fsp3) is 0.222. The Balaban J connectivity index is 1.93. The minimum absolute atomic E-state index is 0.0817. The Bertz CT molecular complexity index is 1050. The second kappa shape index (κ2) is 7.63. The first-order chi connectivity index (χ1) is 13.2. The van der Waals surface area contributed by atoms with E-state index in [9.17, 15) is 21.6 Å². The van der Waals surface area contributed by atoms with Crippen molar-refractivity contribution in [3.63, 3.8) is 0 Å². The predicted octanol–water partition coefficient (Wildman–Crippen LogP) is 3.78. The van der Waals surface area contributed by atoms with Crippen molar-refractivity contribution in [3.05, 3.63) is 53.9 Å². The van der Waals surface area contributed by atoms with Gasteiger partial charge in [0, 0.05) is 36.7 Å². The number of methoxy groups -OCH3 is 1. The molecular weight excluding hydrogens is 397 g/mol. The first-order valence-corrected chi connectivity index (χ1v) is 9.67. The number of ether oxygens (including phenoxy) is 2. The first kappa shape index (κ1) is 19.9. The lowest BCUT2D eigenvalue weighted by atomic mass is 10.1. The number of pyridine rings is 1. The quantitative estimate of drug-likeness (QED) is 0.722. The Kier molecular flexibility index (Phi) is 5.41. The van der Waals surface area contributed by atoms with Crippen LogP contribution in [-0.2, 0) is 15.6 Å². The van der Waals surface area contributed by atoms with Crippen LogP contribution in [0.1, 0.15) is 17.5 Å². The van der Waals surface area contributed by atoms with Crippen LogP contribution < -0.4 is 9.47 Å². The molecule has 0 spiro atoms. The van der Waals surface area contributed by atoms with Crippen LogP contribution >= 0.6 is 0 Å². The molecule has 0 saturated carbocycles. The van der Waals surface area contributed by atoms with Crippen molar-refractivity contribution in [3.8, 4) is 11.5 Å². The first-order valence-electron chi connectivity index (χ1n) is 8.01. The average molecular weight is 412 g/mol. The Morgan fingerprint density at radius 3 is 2.61 bits per heavy atom. The maximum atomic E-state index is 12.8. The third-order valence-electron chi connectivity index (χ3n) is 3.80. The molecule has 0 bridgehead atoms. The van der Waals surface area contributed by atoms with Crippen LogP contribution in [0.5, 0.6) is 11.5 Å². The summed E-state index contributed by atoms with van der Waals surface area (Å²) in [5.74, 6) is -1.21. The highest BCUT2D eigenvalue weighted by atomic mass is 32.2. The molecule has 1 aliphatic rings. The Morgan fingerprint density at radius 2 is 1.96 bits per heavy atom. The van der Waals surface area contributed by atoms with E-state index in [0.717, 1.165) is 18.2 Å². The molecule has 2 aromatic rings. The topological polar surface area (TPSA) is 77.9 Å². The number of hydrogen-bond acceptors (Lipinski definition) is 6. The summed E-state index contributed by atoms with van der Waals surface area (Å²) >= 11 is 0. The zero-order chi connectivity index (χ0) is 20.4. The van der Waals surface area contributed by atoms with Crippen LogP contribution in [0.15, 0.2) is 52.6 Å². The third-order valence-corrected chi connectivity index (χ3v) is 5.50. The van der Waals surface area contributed by atoms with Crippen molar-refractivity contribution >= 4 is 21.7 Å². The van der Waals surface area contributed by atoms with Gasteiger partial charge in [0.2, 0.25) is 0 Å². The third kappa shape index (κ3) is 4.69. The van der Waals surface area contributed by atoms with E-state index in [1.54, 1.807) is 18.5 Å². The molecule has 0 amide bonds. The summed E-state index contributed by atoms with van der Waals surface area (Å²) < 4.78 is 71.9. The van der Waals surface area contributed by atoms with Crippen molar-refractivity contribution in [2.24, 2.45) is 4.99 Å². The van der Waals surface area contributed by atoms with E-state index in [0.29, 0.717) is 23.2 Å². The molecule has 1 aromatic carbocycles. The number of nitrogens with zero attached hydrogens (tertiary/aromatic N) is 2. The number of allylic oxidation sites excluding steroid dienone is 1. The highest BCUT2D eigenvalue weighted by molar-refractivity contribution is 7.90. The van der Waals surface area contributed by atoms with Crippen LogP contribution in [0, 0.1) is 0 Å². The molecule has 148 valence electrons. The number of rotatable bonds is 6. The summed E-state index contributed by atoms with van der Waals surface area (Å²) in [6.07, 6.45) is 2.27. The number of aliphatic imine (C=N–C) groups is 1. The van der Waals surface area contributed by atoms with Gasteiger partial charge >= 0.3 is 6.36 Å². The van der Waals surface area contributed by atoms with Crippen molar-refractivity contribution in [2.75, 3.05) is 7.11 Å². The number of halogens is 3. The van der Waals surface area contributed by atoms with Crippen LogP contribution in [0.4, 0.5) is 13.2 Å². The Hall–Kier alpha value is -2.88. The van der Waals surface area contributed by atoms with Gasteiger partial charge in [0.15, 0.2) is 9.84 Å². The number of aromatic nitrogens is 1. The van der Waals surface area contributed by atoms with E-state index in [1.807, 2.05) is 6.08 Å². The van der Waals surface area contributed by atoms with Gasteiger partial charge in [-0.25, -0.2) is 8.42 Å². The highest BCUT2D eigenvalue weighted by Crippen LogP contribution is 2.33. The van der Waals surface area contributed by atoms with Gasteiger partial charge < -0.3 is 9.47 Å². The molecule has 0 radical (unpaired) electrons.